The summed E-state index contributed by atoms with van der Waals surface area (Å²) in [7, 11) is 0. The summed E-state index contributed by atoms with van der Waals surface area (Å²) in [6.07, 6.45) is 1.42. The van der Waals surface area contributed by atoms with Gasteiger partial charge in [0, 0.05) is 52.0 Å². The highest BCUT2D eigenvalue weighted by molar-refractivity contribution is 5.87. The fraction of sp³-hybridized carbons (Fsp3) is 0.607. The molecule has 238 valence electrons. The molecule has 14 nitrogen and oxygen atoms in total. The van der Waals surface area contributed by atoms with Crippen LogP contribution < -0.4 is 15.5 Å². The summed E-state index contributed by atoms with van der Waals surface area (Å²) in [5.74, 6) is 0.261. The predicted molar refractivity (Wildman–Crippen MR) is 157 cm³/mol. The number of morpholine rings is 1. The molecular formula is C28H38F2N10O4. The van der Waals surface area contributed by atoms with Crippen LogP contribution in [0.5, 0.6) is 0 Å². The minimum atomic E-state index is -2.91. The quantitative estimate of drug-likeness (QED) is 0.404. The number of hydrogen-bond acceptors (Lipinski definition) is 12. The van der Waals surface area contributed by atoms with Crippen molar-refractivity contribution in [1.82, 2.24) is 34.7 Å². The molecule has 16 heteroatoms. The van der Waals surface area contributed by atoms with Crippen LogP contribution in [-0.2, 0) is 19.1 Å². The normalized spacial score (nSPS) is 21.1. The number of piperazine rings is 1. The lowest BCUT2D eigenvalue weighted by atomic mass is 10.1. The molecule has 44 heavy (non-hydrogen) atoms. The zero-order chi connectivity index (χ0) is 31.2. The zero-order valence-corrected chi connectivity index (χ0v) is 24.8. The van der Waals surface area contributed by atoms with Crippen LogP contribution in [0.15, 0.2) is 18.9 Å². The second-order valence-corrected chi connectivity index (χ2v) is 10.9. The number of amides is 2. The largest absolute Gasteiger partial charge is 0.377 e. The predicted octanol–water partition coefficient (Wildman–Crippen LogP) is 1.31. The van der Waals surface area contributed by atoms with Crippen molar-refractivity contribution in [3.8, 4) is 11.4 Å². The summed E-state index contributed by atoms with van der Waals surface area (Å²) < 4.78 is 39.3. The minimum Gasteiger partial charge on any atom is -0.377 e. The van der Waals surface area contributed by atoms with Crippen molar-refractivity contribution in [2.24, 2.45) is 0 Å². The summed E-state index contributed by atoms with van der Waals surface area (Å²) in [4.78, 5) is 53.7. The Balaban J connectivity index is 1.25. The van der Waals surface area contributed by atoms with Gasteiger partial charge in [-0.15, -0.1) is 0 Å². The van der Waals surface area contributed by atoms with Crippen molar-refractivity contribution >= 4 is 29.7 Å². The molecule has 0 saturated carbocycles. The number of nitrogen functional groups attached to an aromatic ring is 1. The molecular weight excluding hydrogens is 578 g/mol. The molecule has 2 atom stereocenters. The van der Waals surface area contributed by atoms with E-state index in [1.165, 1.54) is 12.3 Å². The van der Waals surface area contributed by atoms with Crippen molar-refractivity contribution in [1.29, 1.82) is 0 Å². The molecule has 3 saturated heterocycles. The van der Waals surface area contributed by atoms with Gasteiger partial charge in [0.25, 0.3) is 6.43 Å². The van der Waals surface area contributed by atoms with Crippen LogP contribution in [-0.4, -0.2) is 124 Å². The van der Waals surface area contributed by atoms with E-state index < -0.39 is 12.1 Å². The Bertz CT molecular complexity index is 1340. The van der Waals surface area contributed by atoms with Gasteiger partial charge in [0.15, 0.2) is 5.82 Å². The fourth-order valence-corrected chi connectivity index (χ4v) is 5.55. The maximum Gasteiger partial charge on any atom is 0.281 e. The number of ether oxygens (including phenoxy) is 2. The van der Waals surface area contributed by atoms with Gasteiger partial charge >= 0.3 is 0 Å². The van der Waals surface area contributed by atoms with E-state index >= 15 is 0 Å². The van der Waals surface area contributed by atoms with E-state index in [9.17, 15) is 18.4 Å². The summed E-state index contributed by atoms with van der Waals surface area (Å²) >= 11 is 0. The van der Waals surface area contributed by atoms with E-state index in [4.69, 9.17) is 20.2 Å². The van der Waals surface area contributed by atoms with Crippen molar-refractivity contribution in [3.05, 3.63) is 24.5 Å². The molecule has 2 aromatic rings. The average molecular weight is 617 g/mol. The molecule has 5 heterocycles. The van der Waals surface area contributed by atoms with E-state index in [1.54, 1.807) is 9.80 Å². The maximum atomic E-state index is 13.9. The van der Waals surface area contributed by atoms with Crippen LogP contribution in [0.2, 0.25) is 0 Å². The summed E-state index contributed by atoms with van der Waals surface area (Å²) in [5.41, 5.74) is 5.01. The molecule has 0 aromatic carbocycles. The van der Waals surface area contributed by atoms with Gasteiger partial charge < -0.3 is 34.8 Å². The van der Waals surface area contributed by atoms with Crippen LogP contribution in [0.25, 0.3) is 11.4 Å². The number of carbonyl (C=O) groups is 2. The molecule has 0 aliphatic carbocycles. The molecule has 2 amide bonds. The monoisotopic (exact) mass is 616 g/mol. The molecule has 3 aliphatic rings. The van der Waals surface area contributed by atoms with Crippen LogP contribution in [0, 0.1) is 0 Å². The fourth-order valence-electron chi connectivity index (χ4n) is 5.55. The number of nitrogens with two attached hydrogens (primary N) is 1. The van der Waals surface area contributed by atoms with Gasteiger partial charge in [0.2, 0.25) is 29.7 Å². The molecule has 2 aromatic heterocycles. The van der Waals surface area contributed by atoms with E-state index in [0.29, 0.717) is 70.9 Å². The Morgan fingerprint density at radius 1 is 1.11 bits per heavy atom. The lowest BCUT2D eigenvalue weighted by Crippen LogP contribution is -2.50. The highest BCUT2D eigenvalue weighted by Gasteiger charge is 2.29. The number of anilines is 3. The lowest BCUT2D eigenvalue weighted by Gasteiger charge is -2.36. The third kappa shape index (κ3) is 7.35. The van der Waals surface area contributed by atoms with Gasteiger partial charge in [-0.2, -0.15) is 15.0 Å². The van der Waals surface area contributed by atoms with E-state index in [-0.39, 0.29) is 54.3 Å². The highest BCUT2D eigenvalue weighted by atomic mass is 19.3. The SMILES string of the molecule is C=CC(=O)N1CCCC(OCCC(=O)N2CCN(c3nc(-c4cnc(N)nc4C(F)F)nc(N4CCOCC4C)n3)CC2)C1. The second kappa shape index (κ2) is 14.2. The first-order valence-corrected chi connectivity index (χ1v) is 14.8. The summed E-state index contributed by atoms with van der Waals surface area (Å²) in [6.45, 7) is 10.2. The molecule has 2 N–H and O–H groups in total. The first-order chi connectivity index (χ1) is 21.2. The van der Waals surface area contributed by atoms with Crippen molar-refractivity contribution in [2.45, 2.75) is 44.8 Å². The van der Waals surface area contributed by atoms with E-state index in [0.717, 1.165) is 12.8 Å². The third-order valence-electron chi connectivity index (χ3n) is 7.97. The van der Waals surface area contributed by atoms with Crippen molar-refractivity contribution < 1.29 is 27.8 Å². The van der Waals surface area contributed by atoms with Crippen molar-refractivity contribution in [2.75, 3.05) is 81.2 Å². The topological polar surface area (TPSA) is 156 Å². The molecule has 0 radical (unpaired) electrons. The number of nitrogens with zero attached hydrogens (tertiary/aromatic N) is 9. The van der Waals surface area contributed by atoms with Crippen LogP contribution in [0.4, 0.5) is 26.6 Å². The first-order valence-electron chi connectivity index (χ1n) is 14.8. The maximum absolute atomic E-state index is 13.9. The average Bonchev–Trinajstić information content (AvgIpc) is 3.04. The van der Waals surface area contributed by atoms with Gasteiger partial charge in [-0.05, 0) is 25.8 Å². The van der Waals surface area contributed by atoms with Gasteiger partial charge in [0.1, 0.15) is 5.69 Å². The standard InChI is InChI=1S/C28H38F2N10O4/c1-3-21(41)39-7-4-5-19(16-39)44-13-6-22(42)37-8-10-38(11-9-37)27-34-25(20-15-32-26(31)33-23(20)24(29)30)35-28(36-27)40-12-14-43-17-18(40)2/h3,15,18-19,24H,1,4-14,16-17H2,2H3,(H2,31,32,33). The van der Waals surface area contributed by atoms with Crippen LogP contribution >= 0.6 is 0 Å². The van der Waals surface area contributed by atoms with Crippen LogP contribution in [0.1, 0.15) is 38.3 Å². The number of aromatic nitrogens is 5. The third-order valence-corrected chi connectivity index (χ3v) is 7.97. The Hall–Kier alpha value is -4.05. The minimum absolute atomic E-state index is 0.0192. The molecule has 0 bridgehead atoms. The van der Waals surface area contributed by atoms with Gasteiger partial charge in [-0.1, -0.05) is 6.58 Å². The molecule has 5 rings (SSSR count). The lowest BCUT2D eigenvalue weighted by molar-refractivity contribution is -0.135. The smallest absolute Gasteiger partial charge is 0.281 e. The Morgan fingerprint density at radius 3 is 2.61 bits per heavy atom. The Morgan fingerprint density at radius 2 is 1.89 bits per heavy atom. The van der Waals surface area contributed by atoms with E-state index in [2.05, 4.69) is 26.5 Å². The molecule has 2 unspecified atom stereocenters. The van der Waals surface area contributed by atoms with Gasteiger partial charge in [0.05, 0.1) is 44.0 Å². The van der Waals surface area contributed by atoms with Crippen molar-refractivity contribution in [3.63, 3.8) is 0 Å². The number of carbonyl (C=O) groups excluding carboxylic acids is 2. The molecule has 0 spiro atoms. The first kappa shape index (κ1) is 31.4. The van der Waals surface area contributed by atoms with Crippen LogP contribution in [0.3, 0.4) is 0 Å². The zero-order valence-electron chi connectivity index (χ0n) is 24.8. The second-order valence-electron chi connectivity index (χ2n) is 10.9. The number of rotatable bonds is 9. The Kier molecular flexibility index (Phi) is 10.1. The highest BCUT2D eigenvalue weighted by Crippen LogP contribution is 2.30. The number of alkyl halides is 2. The summed E-state index contributed by atoms with van der Waals surface area (Å²) in [5, 5.41) is 0. The summed E-state index contributed by atoms with van der Waals surface area (Å²) in [6, 6.07) is -0.0417. The number of piperidine rings is 1. The molecule has 3 aliphatic heterocycles. The van der Waals surface area contributed by atoms with E-state index in [1.807, 2.05) is 16.7 Å². The van der Waals surface area contributed by atoms with Gasteiger partial charge in [-0.25, -0.2) is 18.7 Å². The number of hydrogen-bond donors (Lipinski definition) is 1. The Labute approximate surface area is 254 Å². The number of halogens is 2. The van der Waals surface area contributed by atoms with Gasteiger partial charge in [-0.3, -0.25) is 9.59 Å². The number of likely N-dealkylation sites (tertiary alicyclic amines) is 1. The molecule has 3 fully saturated rings.